The number of likely N-dealkylation sites (tertiary alicyclic amines) is 1. The van der Waals surface area contributed by atoms with Crippen LogP contribution in [0.25, 0.3) is 0 Å². The number of rotatable bonds is 2. The third-order valence-corrected chi connectivity index (χ3v) is 6.05. The number of anilines is 1. The molecule has 158 valence electrons. The molecule has 0 aliphatic carbocycles. The van der Waals surface area contributed by atoms with E-state index in [0.29, 0.717) is 31.6 Å². The van der Waals surface area contributed by atoms with E-state index in [1.54, 1.807) is 21.9 Å². The van der Waals surface area contributed by atoms with Crippen LogP contribution >= 0.6 is 0 Å². The van der Waals surface area contributed by atoms with Crippen molar-refractivity contribution < 1.29 is 14.0 Å². The lowest BCUT2D eigenvalue weighted by atomic mass is 9.62. The molecule has 2 aromatic rings. The first kappa shape index (κ1) is 20.4. The highest BCUT2D eigenvalue weighted by molar-refractivity contribution is 6.06. The molecule has 1 unspecified atom stereocenters. The van der Waals surface area contributed by atoms with Gasteiger partial charge in [0.25, 0.3) is 0 Å². The summed E-state index contributed by atoms with van der Waals surface area (Å²) in [5, 5.41) is 3.00. The molecule has 5 nitrogen and oxygen atoms in total. The first-order valence-corrected chi connectivity index (χ1v) is 10.4. The fourth-order valence-corrected chi connectivity index (χ4v) is 4.65. The molecule has 0 radical (unpaired) electrons. The Kier molecular flexibility index (Phi) is 5.04. The summed E-state index contributed by atoms with van der Waals surface area (Å²) in [6.07, 6.45) is 1.18. The predicted molar refractivity (Wildman–Crippen MR) is 115 cm³/mol. The third-order valence-electron chi connectivity index (χ3n) is 6.05. The van der Waals surface area contributed by atoms with E-state index in [-0.39, 0.29) is 29.3 Å². The van der Waals surface area contributed by atoms with Gasteiger partial charge in [0.1, 0.15) is 5.82 Å². The summed E-state index contributed by atoms with van der Waals surface area (Å²) in [6, 6.07) is 15.8. The molecule has 2 fully saturated rings. The maximum Gasteiger partial charge on any atom is 0.317 e. The van der Waals surface area contributed by atoms with Crippen LogP contribution in [0.3, 0.4) is 0 Å². The molecule has 3 amide bonds. The number of nitrogens with zero attached hydrogens (tertiary/aromatic N) is 2. The Labute approximate surface area is 176 Å². The van der Waals surface area contributed by atoms with Gasteiger partial charge in [-0.05, 0) is 57.4 Å². The second-order valence-corrected chi connectivity index (χ2v) is 9.29. The maximum absolute atomic E-state index is 13.9. The van der Waals surface area contributed by atoms with Crippen molar-refractivity contribution in [1.29, 1.82) is 0 Å². The van der Waals surface area contributed by atoms with Crippen LogP contribution in [0.2, 0.25) is 0 Å². The van der Waals surface area contributed by atoms with Crippen molar-refractivity contribution in [2.24, 2.45) is 5.41 Å². The van der Waals surface area contributed by atoms with Crippen molar-refractivity contribution in [2.45, 2.75) is 45.2 Å². The van der Waals surface area contributed by atoms with Gasteiger partial charge >= 0.3 is 6.03 Å². The number of urea groups is 1. The lowest BCUT2D eigenvalue weighted by molar-refractivity contribution is -0.144. The van der Waals surface area contributed by atoms with Crippen LogP contribution in [0.5, 0.6) is 0 Å². The number of amides is 3. The van der Waals surface area contributed by atoms with Crippen LogP contribution in [0.1, 0.15) is 45.2 Å². The average molecular weight is 410 g/mol. The van der Waals surface area contributed by atoms with Gasteiger partial charge in [-0.2, -0.15) is 0 Å². The summed E-state index contributed by atoms with van der Waals surface area (Å²) in [4.78, 5) is 29.5. The minimum atomic E-state index is -0.563. The van der Waals surface area contributed by atoms with Crippen LogP contribution in [0.4, 0.5) is 14.9 Å². The molecule has 0 saturated carbocycles. The van der Waals surface area contributed by atoms with Crippen LogP contribution < -0.4 is 10.2 Å². The maximum atomic E-state index is 13.9. The number of hydrogen-bond donors (Lipinski definition) is 1. The minimum Gasteiger partial charge on any atom is -0.333 e. The highest BCUT2D eigenvalue weighted by Gasteiger charge is 2.62. The van der Waals surface area contributed by atoms with Crippen molar-refractivity contribution in [3.8, 4) is 0 Å². The van der Waals surface area contributed by atoms with Gasteiger partial charge in [0.05, 0.1) is 11.5 Å². The number of carbonyl (C=O) groups excluding carboxylic acids is 2. The first-order chi connectivity index (χ1) is 14.2. The van der Waals surface area contributed by atoms with E-state index in [4.69, 9.17) is 0 Å². The molecule has 2 aliphatic rings. The number of β-lactam (4-membered cyclic amide) rings is 1. The van der Waals surface area contributed by atoms with Gasteiger partial charge in [-0.1, -0.05) is 36.4 Å². The van der Waals surface area contributed by atoms with Gasteiger partial charge in [0.2, 0.25) is 5.91 Å². The zero-order valence-corrected chi connectivity index (χ0v) is 17.7. The molecule has 2 saturated heterocycles. The highest BCUT2D eigenvalue weighted by atomic mass is 19.1. The monoisotopic (exact) mass is 409 g/mol. The zero-order valence-electron chi connectivity index (χ0n) is 17.7. The summed E-state index contributed by atoms with van der Waals surface area (Å²) in [6.45, 7) is 6.90. The quantitative estimate of drug-likeness (QED) is 0.743. The normalized spacial score (nSPS) is 20.8. The second-order valence-electron chi connectivity index (χ2n) is 9.29. The molecule has 6 heteroatoms. The van der Waals surface area contributed by atoms with Crippen molar-refractivity contribution in [1.82, 2.24) is 10.2 Å². The van der Waals surface area contributed by atoms with Crippen LogP contribution in [-0.2, 0) is 4.79 Å². The summed E-state index contributed by atoms with van der Waals surface area (Å²) in [7, 11) is 0. The molecule has 1 spiro atoms. The highest BCUT2D eigenvalue weighted by Crippen LogP contribution is 2.57. The fraction of sp³-hybridized carbons (Fsp3) is 0.417. The lowest BCUT2D eigenvalue weighted by Crippen LogP contribution is -2.67. The van der Waals surface area contributed by atoms with Gasteiger partial charge in [-0.3, -0.25) is 4.79 Å². The molecule has 2 aliphatic heterocycles. The average Bonchev–Trinajstić information content (AvgIpc) is 2.71. The van der Waals surface area contributed by atoms with E-state index in [0.717, 1.165) is 5.56 Å². The molecular formula is C24H28FN3O2. The van der Waals surface area contributed by atoms with Gasteiger partial charge in [-0.15, -0.1) is 0 Å². The SMILES string of the molecule is CC(C)(C)NC(=O)N1CCC2(CC1)C(=O)N(c1cccc(F)c1)C2c1ccccc1. The molecular weight excluding hydrogens is 381 g/mol. The van der Waals surface area contributed by atoms with E-state index in [2.05, 4.69) is 5.32 Å². The number of carbonyl (C=O) groups is 2. The Morgan fingerprint density at radius 1 is 1.07 bits per heavy atom. The Bertz CT molecular complexity index is 946. The largest absolute Gasteiger partial charge is 0.333 e. The van der Waals surface area contributed by atoms with E-state index >= 15 is 0 Å². The van der Waals surface area contributed by atoms with Crippen LogP contribution in [0, 0.1) is 11.2 Å². The molecule has 0 bridgehead atoms. The number of nitrogens with one attached hydrogen (secondary N) is 1. The van der Waals surface area contributed by atoms with Gasteiger partial charge in [0, 0.05) is 24.3 Å². The van der Waals surface area contributed by atoms with E-state index < -0.39 is 5.41 Å². The standard InChI is InChI=1S/C24H28FN3O2/c1-23(2,3)26-22(30)27-14-12-24(13-15-27)20(17-8-5-4-6-9-17)28(21(24)29)19-11-7-10-18(25)16-19/h4-11,16,20H,12-15H2,1-3H3,(H,26,30). The third kappa shape index (κ3) is 3.55. The van der Waals surface area contributed by atoms with E-state index in [1.807, 2.05) is 51.1 Å². The number of halogens is 1. The van der Waals surface area contributed by atoms with Crippen molar-refractivity contribution in [3.63, 3.8) is 0 Å². The molecule has 2 aromatic carbocycles. The molecule has 0 aromatic heterocycles. The van der Waals surface area contributed by atoms with Gasteiger partial charge in [0.15, 0.2) is 0 Å². The number of benzene rings is 2. The van der Waals surface area contributed by atoms with Crippen LogP contribution in [-0.4, -0.2) is 35.5 Å². The van der Waals surface area contributed by atoms with Crippen molar-refractivity contribution >= 4 is 17.6 Å². The lowest BCUT2D eigenvalue weighted by Gasteiger charge is -2.59. The molecule has 2 heterocycles. The number of piperidine rings is 1. The molecule has 30 heavy (non-hydrogen) atoms. The molecule has 1 atom stereocenters. The molecule has 1 N–H and O–H groups in total. The van der Waals surface area contributed by atoms with E-state index in [9.17, 15) is 14.0 Å². The minimum absolute atomic E-state index is 0.0119. The summed E-state index contributed by atoms with van der Waals surface area (Å²) in [5.74, 6) is -0.348. The van der Waals surface area contributed by atoms with Crippen molar-refractivity contribution in [2.75, 3.05) is 18.0 Å². The number of hydrogen-bond acceptors (Lipinski definition) is 2. The fourth-order valence-electron chi connectivity index (χ4n) is 4.65. The van der Waals surface area contributed by atoms with Gasteiger partial charge < -0.3 is 15.1 Å². The Balaban J connectivity index is 1.60. The van der Waals surface area contributed by atoms with E-state index in [1.165, 1.54) is 12.1 Å². The zero-order chi connectivity index (χ0) is 21.5. The smallest absolute Gasteiger partial charge is 0.317 e. The summed E-state index contributed by atoms with van der Waals surface area (Å²) >= 11 is 0. The predicted octanol–water partition coefficient (Wildman–Crippen LogP) is 4.50. The summed E-state index contributed by atoms with van der Waals surface area (Å²) in [5.41, 5.74) is 0.743. The Morgan fingerprint density at radius 3 is 2.33 bits per heavy atom. The summed E-state index contributed by atoms with van der Waals surface area (Å²) < 4.78 is 13.9. The van der Waals surface area contributed by atoms with Crippen LogP contribution in [0.15, 0.2) is 54.6 Å². The second kappa shape index (κ2) is 7.42. The Hall–Kier alpha value is -2.89. The topological polar surface area (TPSA) is 52.7 Å². The van der Waals surface area contributed by atoms with Gasteiger partial charge in [-0.25, -0.2) is 9.18 Å². The van der Waals surface area contributed by atoms with Crippen molar-refractivity contribution in [3.05, 3.63) is 66.0 Å². The first-order valence-electron chi connectivity index (χ1n) is 10.4. The Morgan fingerprint density at radius 2 is 1.73 bits per heavy atom. The molecule has 4 rings (SSSR count).